The monoisotopic (exact) mass is 810 g/mol. The zero-order valence-corrected chi connectivity index (χ0v) is 33.6. The molecule has 2 aromatic heterocycles. The summed E-state index contributed by atoms with van der Waals surface area (Å²) in [5.41, 5.74) is 0.728. The van der Waals surface area contributed by atoms with Crippen LogP contribution in [0, 0.1) is 0 Å². The number of halogens is 2. The standard InChI is InChI=1S/C36H49F2N6O7PS2/c1-6-50-52(49,51-7-2)36(37,38)22-11-14-27-21(17-22)18-28(53-27)32(47)43-25-19-40-16-15-23-12-13-26(44(23)34(25)48)31(46)42-24(9-8-10-30(39)45)33-41-20-29(54-33)35(3,4)5/h11,14,17-18,20,23-26,40H,6-10,12-13,15-16,19H2,1-5H3,(H2,39,45)(H,42,46)(H,43,47)/t23-,24+,25+,26+/m1/s1. The van der Waals surface area contributed by atoms with Crippen LogP contribution in [0.4, 0.5) is 8.78 Å². The number of primary amides is 1. The van der Waals surface area contributed by atoms with E-state index in [1.807, 2.05) is 0 Å². The fourth-order valence-corrected chi connectivity index (χ4v) is 10.3. The van der Waals surface area contributed by atoms with E-state index in [2.05, 4.69) is 41.7 Å². The van der Waals surface area contributed by atoms with Gasteiger partial charge in [-0.1, -0.05) is 26.8 Å². The molecule has 4 heterocycles. The number of carbonyl (C=O) groups is 4. The van der Waals surface area contributed by atoms with Gasteiger partial charge in [0.05, 0.1) is 24.1 Å². The van der Waals surface area contributed by atoms with Crippen LogP contribution in [-0.2, 0) is 39.1 Å². The lowest BCUT2D eigenvalue weighted by molar-refractivity contribution is -0.142. The Morgan fingerprint density at radius 2 is 1.83 bits per heavy atom. The third-order valence-corrected chi connectivity index (χ3v) is 14.3. The van der Waals surface area contributed by atoms with Gasteiger partial charge in [0.15, 0.2) is 0 Å². The molecule has 1 aromatic carbocycles. The average molecular weight is 811 g/mol. The largest absolute Gasteiger partial charge is 0.404 e. The van der Waals surface area contributed by atoms with Gasteiger partial charge in [-0.3, -0.25) is 23.7 Å². The first kappa shape index (κ1) is 41.8. The van der Waals surface area contributed by atoms with E-state index >= 15 is 8.78 Å². The predicted molar refractivity (Wildman–Crippen MR) is 204 cm³/mol. The van der Waals surface area contributed by atoms with E-state index in [4.69, 9.17) is 14.8 Å². The Bertz CT molecular complexity index is 1890. The lowest BCUT2D eigenvalue weighted by Crippen LogP contribution is -2.60. The number of thiophene rings is 1. The molecular weight excluding hydrogens is 762 g/mol. The number of nitrogens with zero attached hydrogens (tertiary/aromatic N) is 2. The van der Waals surface area contributed by atoms with Gasteiger partial charge in [-0.25, -0.2) is 4.98 Å². The highest BCUT2D eigenvalue weighted by molar-refractivity contribution is 7.54. The number of hydrogen-bond donors (Lipinski definition) is 4. The van der Waals surface area contributed by atoms with E-state index in [0.717, 1.165) is 28.3 Å². The minimum absolute atomic E-state index is 0.123. The topological polar surface area (TPSA) is 182 Å². The number of amides is 4. The van der Waals surface area contributed by atoms with Crippen LogP contribution in [0.5, 0.6) is 0 Å². The van der Waals surface area contributed by atoms with E-state index in [1.165, 1.54) is 37.3 Å². The van der Waals surface area contributed by atoms with Gasteiger partial charge in [-0.15, -0.1) is 22.7 Å². The van der Waals surface area contributed by atoms with Crippen LogP contribution >= 0.6 is 30.3 Å². The summed E-state index contributed by atoms with van der Waals surface area (Å²) in [4.78, 5) is 60.8. The number of thiazole rings is 1. The highest BCUT2D eigenvalue weighted by Crippen LogP contribution is 2.67. The van der Waals surface area contributed by atoms with Crippen molar-refractivity contribution in [3.8, 4) is 0 Å². The summed E-state index contributed by atoms with van der Waals surface area (Å²) >= 11 is 2.56. The van der Waals surface area contributed by atoms with Crippen molar-refractivity contribution >= 4 is 64.0 Å². The number of nitrogens with two attached hydrogens (primary N) is 1. The van der Waals surface area contributed by atoms with Crippen LogP contribution in [0.25, 0.3) is 10.1 Å². The fraction of sp³-hybridized carbons (Fsp3) is 0.583. The zero-order valence-electron chi connectivity index (χ0n) is 31.1. The molecule has 296 valence electrons. The maximum absolute atomic E-state index is 15.5. The van der Waals surface area contributed by atoms with E-state index in [1.54, 1.807) is 11.1 Å². The summed E-state index contributed by atoms with van der Waals surface area (Å²) in [5, 5.41) is 10.2. The summed E-state index contributed by atoms with van der Waals surface area (Å²) in [7, 11) is -4.84. The van der Waals surface area contributed by atoms with E-state index in [9.17, 15) is 23.7 Å². The Morgan fingerprint density at radius 1 is 1.11 bits per heavy atom. The van der Waals surface area contributed by atoms with Crippen LogP contribution < -0.4 is 21.7 Å². The smallest absolute Gasteiger partial charge is 0.370 e. The Labute approximate surface area is 321 Å². The highest BCUT2D eigenvalue weighted by Gasteiger charge is 2.55. The number of benzene rings is 1. The third-order valence-electron chi connectivity index (χ3n) is 9.49. The Hall–Kier alpha value is -3.34. The summed E-state index contributed by atoms with van der Waals surface area (Å²) < 4.78 is 54.4. The second-order valence-electron chi connectivity index (χ2n) is 14.5. The molecule has 3 aromatic rings. The maximum atomic E-state index is 15.5. The molecular formula is C36H49F2N6O7PS2. The molecule has 0 spiro atoms. The van der Waals surface area contributed by atoms with Gasteiger partial charge in [-0.05, 0) is 81.5 Å². The molecule has 0 aliphatic carbocycles. The molecule has 2 saturated heterocycles. The molecule has 2 fully saturated rings. The third kappa shape index (κ3) is 9.19. The Morgan fingerprint density at radius 3 is 2.48 bits per heavy atom. The predicted octanol–water partition coefficient (Wildman–Crippen LogP) is 5.94. The van der Waals surface area contributed by atoms with Crippen molar-refractivity contribution in [2.45, 2.75) is 108 Å². The Kier molecular flexibility index (Phi) is 13.3. The van der Waals surface area contributed by atoms with Gasteiger partial charge in [0.1, 0.15) is 17.1 Å². The van der Waals surface area contributed by atoms with Crippen LogP contribution in [-0.4, -0.2) is 77.9 Å². The van der Waals surface area contributed by atoms with Crippen LogP contribution in [0.1, 0.15) is 104 Å². The van der Waals surface area contributed by atoms with E-state index < -0.39 is 54.7 Å². The molecule has 18 heteroatoms. The highest BCUT2D eigenvalue weighted by atomic mass is 32.1. The van der Waals surface area contributed by atoms with Crippen molar-refractivity contribution < 1.29 is 41.6 Å². The maximum Gasteiger partial charge on any atom is 0.404 e. The molecule has 13 nitrogen and oxygen atoms in total. The number of alkyl halides is 2. The van der Waals surface area contributed by atoms with E-state index in [-0.39, 0.29) is 48.4 Å². The summed E-state index contributed by atoms with van der Waals surface area (Å²) in [6.07, 6.45) is 4.51. The molecule has 0 unspecified atom stereocenters. The van der Waals surface area contributed by atoms with Gasteiger partial charge in [-0.2, -0.15) is 8.78 Å². The molecule has 0 saturated carbocycles. The fourth-order valence-electron chi connectivity index (χ4n) is 6.72. The van der Waals surface area contributed by atoms with Gasteiger partial charge in [0.25, 0.3) is 5.91 Å². The molecule has 5 N–H and O–H groups in total. The van der Waals surface area contributed by atoms with Crippen LogP contribution in [0.2, 0.25) is 0 Å². The quantitative estimate of drug-likeness (QED) is 0.135. The van der Waals surface area contributed by atoms with Crippen molar-refractivity contribution in [2.24, 2.45) is 5.73 Å². The SMILES string of the molecule is CCOP(=O)(OCC)C(F)(F)c1ccc2sc(C(=O)N[C@H]3CNCC[C@H]4CC[C@@H](C(=O)N[C@@H](CCCC(N)=O)c5ncc(C(C)(C)C)s5)N4C3=O)cc2c1. The lowest BCUT2D eigenvalue weighted by atomic mass is 9.96. The summed E-state index contributed by atoms with van der Waals surface area (Å²) in [5.74, 6) is -1.76. The van der Waals surface area contributed by atoms with Gasteiger partial charge in [0, 0.05) is 40.3 Å². The molecule has 0 radical (unpaired) electrons. The van der Waals surface area contributed by atoms with Gasteiger partial charge >= 0.3 is 13.3 Å². The minimum atomic E-state index is -4.84. The van der Waals surface area contributed by atoms with Gasteiger partial charge < -0.3 is 35.6 Å². The number of nitrogens with one attached hydrogen (secondary N) is 3. The lowest BCUT2D eigenvalue weighted by Gasteiger charge is -2.35. The van der Waals surface area contributed by atoms with Crippen molar-refractivity contribution in [3.63, 3.8) is 0 Å². The van der Waals surface area contributed by atoms with Crippen molar-refractivity contribution in [2.75, 3.05) is 26.3 Å². The van der Waals surface area contributed by atoms with Crippen LogP contribution in [0.3, 0.4) is 0 Å². The molecule has 2 aliphatic rings. The van der Waals surface area contributed by atoms with Gasteiger partial charge in [0.2, 0.25) is 17.7 Å². The molecule has 4 amide bonds. The molecule has 0 bridgehead atoms. The summed E-state index contributed by atoms with van der Waals surface area (Å²) in [6.45, 7) is 9.34. The minimum Gasteiger partial charge on any atom is -0.370 e. The number of hydrogen-bond acceptors (Lipinski definition) is 11. The number of fused-ring (bicyclic) bond motifs is 2. The summed E-state index contributed by atoms with van der Waals surface area (Å²) in [6, 6.07) is 2.64. The van der Waals surface area contributed by atoms with Crippen molar-refractivity contribution in [3.05, 3.63) is 50.8 Å². The first-order valence-corrected chi connectivity index (χ1v) is 21.4. The zero-order chi connectivity index (χ0) is 39.4. The number of carbonyl (C=O) groups excluding carboxylic acids is 4. The Balaban J connectivity index is 1.33. The first-order chi connectivity index (χ1) is 25.5. The second kappa shape index (κ2) is 17.2. The number of aromatic nitrogens is 1. The molecule has 4 atom stereocenters. The molecule has 5 rings (SSSR count). The molecule has 54 heavy (non-hydrogen) atoms. The number of rotatable bonds is 15. The normalized spacial score (nSPS) is 20.3. The first-order valence-electron chi connectivity index (χ1n) is 18.2. The second-order valence-corrected chi connectivity index (χ2v) is 18.7. The molecule has 2 aliphatic heterocycles. The average Bonchev–Trinajstić information content (AvgIpc) is 3.86. The van der Waals surface area contributed by atoms with E-state index in [0.29, 0.717) is 53.7 Å². The van der Waals surface area contributed by atoms with Crippen molar-refractivity contribution in [1.82, 2.24) is 25.8 Å². The van der Waals surface area contributed by atoms with Crippen molar-refractivity contribution in [1.29, 1.82) is 0 Å². The van der Waals surface area contributed by atoms with Crippen LogP contribution in [0.15, 0.2) is 30.5 Å².